The molecule has 0 aromatic rings. The molecular weight excluding hydrogens is 919 g/mol. The van der Waals surface area contributed by atoms with E-state index in [1.807, 2.05) is 6.08 Å². The molecule has 0 spiro atoms. The highest BCUT2D eigenvalue weighted by Crippen LogP contribution is 2.30. The molecule has 1 amide bonds. The first-order valence-corrected chi connectivity index (χ1v) is 29.9. The molecule has 2 aliphatic rings. The summed E-state index contributed by atoms with van der Waals surface area (Å²) in [7, 11) is 0. The predicted molar refractivity (Wildman–Crippen MR) is 286 cm³/mol. The van der Waals surface area contributed by atoms with Crippen LogP contribution in [0.1, 0.15) is 258 Å². The number of amides is 1. The second-order valence-electron chi connectivity index (χ2n) is 21.5. The second kappa shape index (κ2) is 44.8. The highest BCUT2D eigenvalue weighted by atomic mass is 16.7. The number of hydrogen-bond donors (Lipinski definition) is 9. The molecule has 9 N–H and O–H groups in total. The van der Waals surface area contributed by atoms with Crippen LogP contribution in [0.4, 0.5) is 0 Å². The molecule has 12 unspecified atom stereocenters. The molecule has 2 fully saturated rings. The van der Waals surface area contributed by atoms with E-state index in [0.717, 1.165) is 38.5 Å². The van der Waals surface area contributed by atoms with Crippen LogP contribution in [0.2, 0.25) is 0 Å². The van der Waals surface area contributed by atoms with Gasteiger partial charge < -0.3 is 65.1 Å². The highest BCUT2D eigenvalue weighted by molar-refractivity contribution is 5.76. The second-order valence-corrected chi connectivity index (χ2v) is 21.5. The number of unbranched alkanes of at least 4 members (excludes halogenated alkanes) is 35. The molecule has 426 valence electrons. The maximum atomic E-state index is 13.2. The van der Waals surface area contributed by atoms with Gasteiger partial charge in [-0.25, -0.2) is 0 Å². The Balaban J connectivity index is 1.73. The van der Waals surface area contributed by atoms with E-state index in [2.05, 4.69) is 19.2 Å². The maximum absolute atomic E-state index is 13.2. The van der Waals surface area contributed by atoms with Gasteiger partial charge in [-0.2, -0.15) is 0 Å². The van der Waals surface area contributed by atoms with Crippen LogP contribution in [-0.4, -0.2) is 140 Å². The Morgan fingerprint density at radius 1 is 0.486 bits per heavy atom. The Morgan fingerprint density at radius 2 is 0.861 bits per heavy atom. The molecule has 12 atom stereocenters. The Kier molecular flexibility index (Phi) is 41.6. The van der Waals surface area contributed by atoms with E-state index >= 15 is 0 Å². The third kappa shape index (κ3) is 30.5. The Morgan fingerprint density at radius 3 is 1.28 bits per heavy atom. The summed E-state index contributed by atoms with van der Waals surface area (Å²) in [5, 5.41) is 87.0. The van der Waals surface area contributed by atoms with Crippen molar-refractivity contribution in [2.75, 3.05) is 19.8 Å². The molecular formula is C58H111NO13. The molecule has 2 saturated heterocycles. The van der Waals surface area contributed by atoms with Gasteiger partial charge in [0.25, 0.3) is 0 Å². The van der Waals surface area contributed by atoms with Crippen LogP contribution in [0.25, 0.3) is 0 Å². The van der Waals surface area contributed by atoms with Crippen molar-refractivity contribution in [3.8, 4) is 0 Å². The molecule has 0 aromatic carbocycles. The van der Waals surface area contributed by atoms with Gasteiger partial charge in [0.15, 0.2) is 12.6 Å². The zero-order valence-corrected chi connectivity index (χ0v) is 45.7. The Hall–Kier alpha value is -1.27. The Labute approximate surface area is 437 Å². The van der Waals surface area contributed by atoms with E-state index in [9.17, 15) is 45.6 Å². The van der Waals surface area contributed by atoms with Crippen LogP contribution in [0.5, 0.6) is 0 Å². The summed E-state index contributed by atoms with van der Waals surface area (Å²) < 4.78 is 22.8. The van der Waals surface area contributed by atoms with E-state index in [0.29, 0.717) is 6.42 Å². The molecule has 14 heteroatoms. The minimum Gasteiger partial charge on any atom is -0.394 e. The number of carbonyl (C=O) groups is 1. The third-order valence-corrected chi connectivity index (χ3v) is 15.0. The average Bonchev–Trinajstić information content (AvgIpc) is 3.38. The van der Waals surface area contributed by atoms with E-state index in [1.54, 1.807) is 6.08 Å². The monoisotopic (exact) mass is 1030 g/mol. The number of carbonyl (C=O) groups excluding carboxylic acids is 1. The first-order chi connectivity index (χ1) is 35.1. The van der Waals surface area contributed by atoms with Gasteiger partial charge in [-0.1, -0.05) is 244 Å². The molecule has 2 rings (SSSR count). The van der Waals surface area contributed by atoms with Crippen LogP contribution in [0.3, 0.4) is 0 Å². The van der Waals surface area contributed by atoms with E-state index < -0.39 is 86.8 Å². The fourth-order valence-corrected chi connectivity index (χ4v) is 10.1. The number of nitrogens with one attached hydrogen (secondary N) is 1. The molecule has 0 saturated carbocycles. The molecule has 0 aliphatic carbocycles. The SMILES string of the molecule is CCCCCCCCCCCCCC/C=C/C(O)C(COC1OC(CO)C(OC2OC(CO)C(O)C(O)C2O)C(O)C1O)NC(=O)CCCCCCCCCCCCCCCCCCCCCCCCCC. The van der Waals surface area contributed by atoms with Gasteiger partial charge in [0.1, 0.15) is 48.8 Å². The molecule has 0 bridgehead atoms. The van der Waals surface area contributed by atoms with Crippen molar-refractivity contribution >= 4 is 5.91 Å². The summed E-state index contributed by atoms with van der Waals surface area (Å²) in [6, 6.07) is -0.909. The van der Waals surface area contributed by atoms with Crippen LogP contribution in [-0.2, 0) is 23.7 Å². The summed E-state index contributed by atoms with van der Waals surface area (Å²) in [6.07, 6.45) is 34.0. The fourth-order valence-electron chi connectivity index (χ4n) is 10.1. The summed E-state index contributed by atoms with van der Waals surface area (Å²) in [5.74, 6) is -0.234. The zero-order valence-electron chi connectivity index (χ0n) is 45.7. The number of hydrogen-bond acceptors (Lipinski definition) is 13. The van der Waals surface area contributed by atoms with Gasteiger partial charge >= 0.3 is 0 Å². The lowest BCUT2D eigenvalue weighted by molar-refractivity contribution is -0.359. The van der Waals surface area contributed by atoms with Crippen LogP contribution in [0, 0.1) is 0 Å². The molecule has 14 nitrogen and oxygen atoms in total. The number of aliphatic hydroxyl groups excluding tert-OH is 8. The molecule has 0 aromatic heterocycles. The average molecular weight is 1030 g/mol. The number of ether oxygens (including phenoxy) is 4. The normalized spacial score (nSPS) is 25.6. The fraction of sp³-hybridized carbons (Fsp3) is 0.948. The first kappa shape index (κ1) is 66.8. The minimum absolute atomic E-state index is 0.234. The van der Waals surface area contributed by atoms with Crippen molar-refractivity contribution in [2.24, 2.45) is 0 Å². The van der Waals surface area contributed by atoms with Gasteiger partial charge in [0.2, 0.25) is 5.91 Å². The minimum atomic E-state index is -1.78. The van der Waals surface area contributed by atoms with Crippen molar-refractivity contribution in [1.29, 1.82) is 0 Å². The van der Waals surface area contributed by atoms with E-state index in [-0.39, 0.29) is 18.9 Å². The van der Waals surface area contributed by atoms with Gasteiger partial charge in [-0.15, -0.1) is 0 Å². The van der Waals surface area contributed by atoms with E-state index in [1.165, 1.54) is 193 Å². The van der Waals surface area contributed by atoms with Gasteiger partial charge in [0, 0.05) is 6.42 Å². The van der Waals surface area contributed by atoms with Crippen molar-refractivity contribution in [3.05, 3.63) is 12.2 Å². The smallest absolute Gasteiger partial charge is 0.220 e. The molecule has 2 aliphatic heterocycles. The highest BCUT2D eigenvalue weighted by Gasteiger charge is 2.51. The van der Waals surface area contributed by atoms with Gasteiger partial charge in [-0.3, -0.25) is 4.79 Å². The number of allylic oxidation sites excluding steroid dienone is 1. The lowest BCUT2D eigenvalue weighted by Gasteiger charge is -2.46. The topological polar surface area (TPSA) is 228 Å². The third-order valence-electron chi connectivity index (χ3n) is 15.0. The van der Waals surface area contributed by atoms with Crippen molar-refractivity contribution in [3.63, 3.8) is 0 Å². The van der Waals surface area contributed by atoms with Crippen molar-refractivity contribution in [1.82, 2.24) is 5.32 Å². The predicted octanol–water partition coefficient (Wildman–Crippen LogP) is 9.89. The van der Waals surface area contributed by atoms with Crippen molar-refractivity contribution in [2.45, 2.75) is 331 Å². The van der Waals surface area contributed by atoms with Crippen LogP contribution >= 0.6 is 0 Å². The zero-order chi connectivity index (χ0) is 52.4. The van der Waals surface area contributed by atoms with Crippen LogP contribution in [0.15, 0.2) is 12.2 Å². The molecule has 2 heterocycles. The summed E-state index contributed by atoms with van der Waals surface area (Å²) in [6.45, 7) is 2.82. The van der Waals surface area contributed by atoms with E-state index in [4.69, 9.17) is 18.9 Å². The summed E-state index contributed by atoms with van der Waals surface area (Å²) >= 11 is 0. The Bertz CT molecular complexity index is 1260. The number of aliphatic hydroxyl groups is 8. The quantitative estimate of drug-likeness (QED) is 0.0205. The summed E-state index contributed by atoms with van der Waals surface area (Å²) in [4.78, 5) is 13.2. The number of rotatable bonds is 48. The summed E-state index contributed by atoms with van der Waals surface area (Å²) in [5.41, 5.74) is 0. The van der Waals surface area contributed by atoms with Crippen LogP contribution < -0.4 is 5.32 Å². The standard InChI is InChI=1S/C58H111NO13/c1-3-5-7-9-11-13-15-17-19-20-21-22-23-24-25-26-27-28-30-32-34-36-38-40-42-50(63)59-46(47(62)41-39-37-35-33-31-29-18-16-14-12-10-8-6-4-2)45-69-57-55(68)53(66)56(49(44-61)71-57)72-58-54(67)52(65)51(64)48(43-60)70-58/h39,41,46-49,51-58,60-62,64-68H,3-38,40,42-45H2,1-2H3,(H,59,63)/b41-39+. The maximum Gasteiger partial charge on any atom is 0.220 e. The van der Waals surface area contributed by atoms with Crippen molar-refractivity contribution < 1.29 is 64.6 Å². The van der Waals surface area contributed by atoms with Gasteiger partial charge in [-0.05, 0) is 19.3 Å². The van der Waals surface area contributed by atoms with Gasteiger partial charge in [0.05, 0.1) is 32.0 Å². The lowest BCUT2D eigenvalue weighted by Crippen LogP contribution is -2.65. The molecule has 0 radical (unpaired) electrons. The largest absolute Gasteiger partial charge is 0.394 e. The lowest BCUT2D eigenvalue weighted by atomic mass is 9.97. The molecule has 72 heavy (non-hydrogen) atoms. The first-order valence-electron chi connectivity index (χ1n) is 29.9.